The van der Waals surface area contributed by atoms with Gasteiger partial charge in [-0.15, -0.1) is 0 Å². The van der Waals surface area contributed by atoms with Gasteiger partial charge in [-0.05, 0) is 25.1 Å². The van der Waals surface area contributed by atoms with Crippen LogP contribution in [0.15, 0.2) is 36.8 Å². The summed E-state index contributed by atoms with van der Waals surface area (Å²) in [4.78, 5) is 33.1. The molecule has 0 bridgehead atoms. The molecule has 0 saturated carbocycles. The molecule has 1 aliphatic rings. The first-order chi connectivity index (χ1) is 12.0. The van der Waals surface area contributed by atoms with Crippen molar-refractivity contribution in [3.63, 3.8) is 0 Å². The lowest BCUT2D eigenvalue weighted by Gasteiger charge is -2.26. The minimum atomic E-state index is -1.18. The highest BCUT2D eigenvalue weighted by Crippen LogP contribution is 2.26. The van der Waals surface area contributed by atoms with Crippen molar-refractivity contribution >= 4 is 23.5 Å². The van der Waals surface area contributed by atoms with Crippen LogP contribution in [0, 0.1) is 0 Å². The molecule has 0 unspecified atom stereocenters. The summed E-state index contributed by atoms with van der Waals surface area (Å²) in [5, 5.41) is 13.9. The number of pyridine rings is 2. The fourth-order valence-electron chi connectivity index (χ4n) is 2.47. The van der Waals surface area contributed by atoms with Gasteiger partial charge in [0.2, 0.25) is 5.88 Å². The lowest BCUT2D eigenvalue weighted by atomic mass is 10.2. The van der Waals surface area contributed by atoms with E-state index in [0.29, 0.717) is 22.8 Å². The number of nitrogens with zero attached hydrogens (tertiary/aromatic N) is 3. The molecule has 3 N–H and O–H groups in total. The summed E-state index contributed by atoms with van der Waals surface area (Å²) >= 11 is 0. The first-order valence-corrected chi connectivity index (χ1v) is 7.62. The number of aromatic nitrogens is 2. The molecule has 130 valence electrons. The summed E-state index contributed by atoms with van der Waals surface area (Å²) in [6, 6.07) is 4.59. The van der Waals surface area contributed by atoms with Crippen LogP contribution in [0.4, 0.5) is 21.0 Å². The first kappa shape index (κ1) is 16.5. The van der Waals surface area contributed by atoms with E-state index < -0.39 is 6.09 Å². The van der Waals surface area contributed by atoms with E-state index >= 15 is 0 Å². The van der Waals surface area contributed by atoms with E-state index in [4.69, 9.17) is 9.84 Å². The summed E-state index contributed by atoms with van der Waals surface area (Å²) in [5.41, 5.74) is 1.53. The van der Waals surface area contributed by atoms with Crippen molar-refractivity contribution in [3.8, 4) is 5.88 Å². The van der Waals surface area contributed by atoms with Crippen LogP contribution in [0.1, 0.15) is 12.5 Å². The lowest BCUT2D eigenvalue weighted by molar-refractivity contribution is 0.166. The van der Waals surface area contributed by atoms with Gasteiger partial charge in [-0.25, -0.2) is 14.6 Å². The Labute approximate surface area is 143 Å². The van der Waals surface area contributed by atoms with E-state index in [-0.39, 0.29) is 25.2 Å². The fraction of sp³-hybridized carbons (Fsp3) is 0.250. The summed E-state index contributed by atoms with van der Waals surface area (Å²) in [6.07, 6.45) is 3.37. The predicted molar refractivity (Wildman–Crippen MR) is 89.6 cm³/mol. The Morgan fingerprint density at radius 3 is 2.88 bits per heavy atom. The van der Waals surface area contributed by atoms with Crippen molar-refractivity contribution in [3.05, 3.63) is 42.4 Å². The van der Waals surface area contributed by atoms with Crippen molar-refractivity contribution in [1.82, 2.24) is 14.9 Å². The second-order valence-electron chi connectivity index (χ2n) is 5.58. The van der Waals surface area contributed by atoms with Gasteiger partial charge in [0.25, 0.3) is 0 Å². The van der Waals surface area contributed by atoms with E-state index in [1.165, 1.54) is 6.20 Å². The van der Waals surface area contributed by atoms with E-state index in [0.717, 1.165) is 0 Å². The maximum atomic E-state index is 12.6. The highest BCUT2D eigenvalue weighted by molar-refractivity contribution is 5.89. The molecule has 3 rings (SSSR count). The van der Waals surface area contributed by atoms with Gasteiger partial charge in [-0.2, -0.15) is 0 Å². The molecule has 0 radical (unpaired) electrons. The van der Waals surface area contributed by atoms with E-state index in [9.17, 15) is 9.59 Å². The Morgan fingerprint density at radius 1 is 1.32 bits per heavy atom. The quantitative estimate of drug-likeness (QED) is 0.771. The molecule has 25 heavy (non-hydrogen) atoms. The zero-order valence-corrected chi connectivity index (χ0v) is 13.5. The summed E-state index contributed by atoms with van der Waals surface area (Å²) in [7, 11) is 0. The SMILES string of the molecule is C[C@@H]1COc2ncc(NC(=O)O)cc2CN1C(=O)Nc1cccnc1. The Morgan fingerprint density at radius 2 is 2.16 bits per heavy atom. The fourth-order valence-corrected chi connectivity index (χ4v) is 2.47. The van der Waals surface area contributed by atoms with Crippen LogP contribution < -0.4 is 15.4 Å². The molecule has 0 saturated heterocycles. The molecule has 0 aliphatic carbocycles. The number of carboxylic acid groups (broad SMARTS) is 1. The third kappa shape index (κ3) is 3.94. The standard InChI is InChI=1S/C16H17N5O4/c1-10-9-25-14-11(5-13(7-18-14)20-16(23)24)8-21(10)15(22)19-12-3-2-4-17-6-12/h2-7,10,20H,8-9H2,1H3,(H,19,22)(H,23,24)/t10-/m1/s1. The molecule has 2 aromatic rings. The van der Waals surface area contributed by atoms with Crippen molar-refractivity contribution in [2.24, 2.45) is 0 Å². The van der Waals surface area contributed by atoms with E-state index in [1.54, 1.807) is 35.5 Å². The number of urea groups is 1. The maximum Gasteiger partial charge on any atom is 0.409 e. The van der Waals surface area contributed by atoms with Crippen molar-refractivity contribution in [1.29, 1.82) is 0 Å². The topological polar surface area (TPSA) is 117 Å². The van der Waals surface area contributed by atoms with E-state index in [2.05, 4.69) is 20.6 Å². The summed E-state index contributed by atoms with van der Waals surface area (Å²) in [6.45, 7) is 2.39. The normalized spacial score (nSPS) is 16.2. The zero-order chi connectivity index (χ0) is 17.8. The molecule has 1 atom stereocenters. The minimum Gasteiger partial charge on any atom is -0.475 e. The number of nitrogens with one attached hydrogen (secondary N) is 2. The number of carbonyl (C=O) groups excluding carboxylic acids is 1. The molecule has 1 aliphatic heterocycles. The Bertz CT molecular complexity index is 783. The molecular weight excluding hydrogens is 326 g/mol. The monoisotopic (exact) mass is 343 g/mol. The average molecular weight is 343 g/mol. The maximum absolute atomic E-state index is 12.6. The molecule has 9 nitrogen and oxygen atoms in total. The molecule has 9 heteroatoms. The second-order valence-corrected chi connectivity index (χ2v) is 5.58. The largest absolute Gasteiger partial charge is 0.475 e. The average Bonchev–Trinajstić information content (AvgIpc) is 2.74. The van der Waals surface area contributed by atoms with Gasteiger partial charge in [0.15, 0.2) is 0 Å². The molecule has 3 amide bonds. The van der Waals surface area contributed by atoms with Gasteiger partial charge in [0.05, 0.1) is 36.4 Å². The zero-order valence-electron chi connectivity index (χ0n) is 13.5. The minimum absolute atomic E-state index is 0.193. The molecule has 0 aromatic carbocycles. The molecule has 0 fully saturated rings. The number of anilines is 2. The van der Waals surface area contributed by atoms with Crippen LogP contribution in [0.25, 0.3) is 0 Å². The Balaban J connectivity index is 1.81. The number of hydrogen-bond acceptors (Lipinski definition) is 5. The molecule has 2 aromatic heterocycles. The van der Waals surface area contributed by atoms with Gasteiger partial charge in [-0.1, -0.05) is 0 Å². The number of rotatable bonds is 2. The van der Waals surface area contributed by atoms with Crippen LogP contribution >= 0.6 is 0 Å². The van der Waals surface area contributed by atoms with Crippen LogP contribution in [-0.4, -0.2) is 44.7 Å². The summed E-state index contributed by atoms with van der Waals surface area (Å²) < 4.78 is 5.63. The number of fused-ring (bicyclic) bond motifs is 1. The number of carbonyl (C=O) groups is 2. The molecule has 0 spiro atoms. The number of hydrogen-bond donors (Lipinski definition) is 3. The smallest absolute Gasteiger partial charge is 0.409 e. The highest BCUT2D eigenvalue weighted by Gasteiger charge is 2.27. The Hall–Kier alpha value is -3.36. The van der Waals surface area contributed by atoms with Gasteiger partial charge in [-0.3, -0.25) is 10.3 Å². The van der Waals surface area contributed by atoms with Crippen LogP contribution in [-0.2, 0) is 6.54 Å². The summed E-state index contributed by atoms with van der Waals surface area (Å²) in [5.74, 6) is 0.388. The van der Waals surface area contributed by atoms with Gasteiger partial charge in [0, 0.05) is 11.8 Å². The highest BCUT2D eigenvalue weighted by atomic mass is 16.5. The van der Waals surface area contributed by atoms with Crippen molar-refractivity contribution in [2.45, 2.75) is 19.5 Å². The van der Waals surface area contributed by atoms with E-state index in [1.807, 2.05) is 6.92 Å². The molecular formula is C16H17N5O4. The van der Waals surface area contributed by atoms with Gasteiger partial charge >= 0.3 is 12.1 Å². The van der Waals surface area contributed by atoms with Crippen molar-refractivity contribution in [2.75, 3.05) is 17.2 Å². The predicted octanol–water partition coefficient (Wildman–Crippen LogP) is 2.38. The third-order valence-corrected chi connectivity index (χ3v) is 3.68. The van der Waals surface area contributed by atoms with Gasteiger partial charge in [0.1, 0.15) is 6.61 Å². The second kappa shape index (κ2) is 7.04. The first-order valence-electron chi connectivity index (χ1n) is 7.62. The molecule has 3 heterocycles. The van der Waals surface area contributed by atoms with Crippen LogP contribution in [0.3, 0.4) is 0 Å². The van der Waals surface area contributed by atoms with Crippen LogP contribution in [0.2, 0.25) is 0 Å². The number of ether oxygens (including phenoxy) is 1. The third-order valence-electron chi connectivity index (χ3n) is 3.68. The van der Waals surface area contributed by atoms with Crippen LogP contribution in [0.5, 0.6) is 5.88 Å². The van der Waals surface area contributed by atoms with Crippen molar-refractivity contribution < 1.29 is 19.4 Å². The number of amides is 3. The Kier molecular flexibility index (Phi) is 4.64. The van der Waals surface area contributed by atoms with Gasteiger partial charge < -0.3 is 20.1 Å². The lowest BCUT2D eigenvalue weighted by Crippen LogP contribution is -2.42.